The van der Waals surface area contributed by atoms with Crippen LogP contribution in [0.3, 0.4) is 0 Å². The highest BCUT2D eigenvalue weighted by Crippen LogP contribution is 2.35. The Labute approximate surface area is 151 Å². The first-order valence-corrected chi connectivity index (χ1v) is 8.33. The van der Waals surface area contributed by atoms with E-state index in [-0.39, 0.29) is 18.2 Å². The van der Waals surface area contributed by atoms with Gasteiger partial charge in [0.1, 0.15) is 11.6 Å². The monoisotopic (exact) mass is 368 g/mol. The molecule has 24 heavy (non-hydrogen) atoms. The third-order valence-electron chi connectivity index (χ3n) is 4.88. The van der Waals surface area contributed by atoms with Crippen LogP contribution in [0.15, 0.2) is 30.3 Å². The average molecular weight is 369 g/mol. The molecular formula is C17H19Cl2FN4. The van der Waals surface area contributed by atoms with E-state index >= 15 is 0 Å². The maximum atomic E-state index is 13.4. The second-order valence-corrected chi connectivity index (χ2v) is 6.83. The van der Waals surface area contributed by atoms with Crippen LogP contribution in [0.25, 0.3) is 11.3 Å². The molecule has 2 aromatic rings. The first-order chi connectivity index (χ1) is 11.2. The van der Waals surface area contributed by atoms with Crippen LogP contribution in [0.5, 0.6) is 0 Å². The van der Waals surface area contributed by atoms with Crippen molar-refractivity contribution in [2.24, 2.45) is 11.8 Å². The lowest BCUT2D eigenvalue weighted by molar-refractivity contribution is 0.494. The topological polar surface area (TPSA) is 49.8 Å². The molecule has 128 valence electrons. The second-order valence-electron chi connectivity index (χ2n) is 6.42. The van der Waals surface area contributed by atoms with Crippen molar-refractivity contribution in [3.8, 4) is 11.3 Å². The minimum absolute atomic E-state index is 0. The Hall–Kier alpha value is -1.43. The van der Waals surface area contributed by atoms with E-state index in [1.807, 2.05) is 12.1 Å². The van der Waals surface area contributed by atoms with Crippen molar-refractivity contribution < 1.29 is 4.39 Å². The van der Waals surface area contributed by atoms with Crippen LogP contribution in [-0.4, -0.2) is 29.3 Å². The van der Waals surface area contributed by atoms with Crippen LogP contribution in [0.1, 0.15) is 12.8 Å². The molecule has 4 rings (SSSR count). The zero-order valence-corrected chi connectivity index (χ0v) is 14.6. The molecule has 0 spiro atoms. The number of rotatable bonds is 3. The van der Waals surface area contributed by atoms with Gasteiger partial charge in [0.25, 0.3) is 0 Å². The van der Waals surface area contributed by atoms with Gasteiger partial charge in [0, 0.05) is 11.6 Å². The molecule has 2 atom stereocenters. The maximum Gasteiger partial charge on any atom is 0.148 e. The Morgan fingerprint density at radius 2 is 1.83 bits per heavy atom. The highest BCUT2D eigenvalue weighted by Gasteiger charge is 2.37. The molecule has 1 aliphatic carbocycles. The van der Waals surface area contributed by atoms with Gasteiger partial charge >= 0.3 is 0 Å². The van der Waals surface area contributed by atoms with E-state index in [0.29, 0.717) is 22.3 Å². The molecule has 0 amide bonds. The summed E-state index contributed by atoms with van der Waals surface area (Å²) in [7, 11) is 0. The summed E-state index contributed by atoms with van der Waals surface area (Å²) in [5.74, 6) is 2.00. The van der Waals surface area contributed by atoms with Crippen molar-refractivity contribution in [1.29, 1.82) is 0 Å². The predicted octanol–water partition coefficient (Wildman–Crippen LogP) is 3.77. The molecule has 4 nitrogen and oxygen atoms in total. The third kappa shape index (κ3) is 3.48. The molecule has 1 saturated carbocycles. The quantitative estimate of drug-likeness (QED) is 0.865. The van der Waals surface area contributed by atoms with Crippen molar-refractivity contribution in [3.05, 3.63) is 41.2 Å². The van der Waals surface area contributed by atoms with E-state index in [2.05, 4.69) is 20.8 Å². The summed E-state index contributed by atoms with van der Waals surface area (Å²) in [5.41, 5.74) is 1.14. The van der Waals surface area contributed by atoms with E-state index in [9.17, 15) is 4.39 Å². The minimum Gasteiger partial charge on any atom is -0.366 e. The summed E-state index contributed by atoms with van der Waals surface area (Å²) in [5, 5.41) is 15.8. The number of fused-ring (bicyclic) bond motifs is 1. The molecule has 2 N–H and O–H groups in total. The van der Waals surface area contributed by atoms with Crippen LogP contribution in [0.2, 0.25) is 5.02 Å². The van der Waals surface area contributed by atoms with Gasteiger partial charge in [0.05, 0.1) is 10.7 Å². The Bertz CT molecular complexity index is 698. The van der Waals surface area contributed by atoms with E-state index in [4.69, 9.17) is 11.6 Å². The highest BCUT2D eigenvalue weighted by molar-refractivity contribution is 6.33. The van der Waals surface area contributed by atoms with Gasteiger partial charge < -0.3 is 10.6 Å². The fraction of sp³-hybridized carbons (Fsp3) is 0.412. The summed E-state index contributed by atoms with van der Waals surface area (Å²) < 4.78 is 13.4. The summed E-state index contributed by atoms with van der Waals surface area (Å²) in [6, 6.07) is 8.42. The second kappa shape index (κ2) is 7.21. The number of nitrogens with zero attached hydrogens (tertiary/aromatic N) is 2. The highest BCUT2D eigenvalue weighted by atomic mass is 35.5. The summed E-state index contributed by atoms with van der Waals surface area (Å²) >= 11 is 6.11. The van der Waals surface area contributed by atoms with Crippen molar-refractivity contribution in [3.63, 3.8) is 0 Å². The number of halogens is 3. The number of hydrogen-bond donors (Lipinski definition) is 2. The lowest BCUT2D eigenvalue weighted by atomic mass is 10.0. The number of anilines is 1. The molecule has 1 aromatic heterocycles. The van der Waals surface area contributed by atoms with Crippen LogP contribution in [0.4, 0.5) is 10.2 Å². The molecule has 1 aliphatic heterocycles. The SMILES string of the molecule is Cl.Fc1ccc(Cl)c(-c2ccc(NC3CC4CNCC4C3)nn2)c1. The lowest BCUT2D eigenvalue weighted by Gasteiger charge is -2.14. The van der Waals surface area contributed by atoms with E-state index in [1.165, 1.54) is 31.0 Å². The van der Waals surface area contributed by atoms with Gasteiger partial charge in [-0.2, -0.15) is 0 Å². The fourth-order valence-corrected chi connectivity index (χ4v) is 3.95. The molecule has 2 aliphatic rings. The molecule has 0 bridgehead atoms. The number of nitrogens with one attached hydrogen (secondary N) is 2. The van der Waals surface area contributed by atoms with Gasteiger partial charge in [-0.15, -0.1) is 22.6 Å². The fourth-order valence-electron chi connectivity index (χ4n) is 3.74. The van der Waals surface area contributed by atoms with Crippen molar-refractivity contribution >= 4 is 29.8 Å². The lowest BCUT2D eigenvalue weighted by Crippen LogP contribution is -2.21. The Balaban J connectivity index is 0.00000169. The standard InChI is InChI=1S/C17H18ClFN4.ClH/c18-15-2-1-12(19)7-14(15)16-3-4-17(23-22-16)21-13-5-10-8-20-9-11(10)6-13;/h1-4,7,10-11,13,20H,5-6,8-9H2,(H,21,23);1H. The molecule has 7 heteroatoms. The van der Waals surface area contributed by atoms with Gasteiger partial charge in [-0.05, 0) is 68.1 Å². The molecule has 1 aromatic carbocycles. The predicted molar refractivity (Wildman–Crippen MR) is 96.2 cm³/mol. The van der Waals surface area contributed by atoms with Crippen molar-refractivity contribution in [2.75, 3.05) is 18.4 Å². The van der Waals surface area contributed by atoms with Crippen LogP contribution >= 0.6 is 24.0 Å². The Morgan fingerprint density at radius 3 is 2.50 bits per heavy atom. The molecule has 2 heterocycles. The molecular weight excluding hydrogens is 350 g/mol. The van der Waals surface area contributed by atoms with Gasteiger partial charge in [-0.25, -0.2) is 4.39 Å². The van der Waals surface area contributed by atoms with Gasteiger partial charge in [0.2, 0.25) is 0 Å². The largest absolute Gasteiger partial charge is 0.366 e. The van der Waals surface area contributed by atoms with E-state index in [0.717, 1.165) is 30.7 Å². The molecule has 0 radical (unpaired) electrons. The summed E-state index contributed by atoms with van der Waals surface area (Å²) in [6.45, 7) is 2.26. The third-order valence-corrected chi connectivity index (χ3v) is 5.20. The zero-order chi connectivity index (χ0) is 15.8. The van der Waals surface area contributed by atoms with Crippen molar-refractivity contribution in [2.45, 2.75) is 18.9 Å². The molecule has 1 saturated heterocycles. The van der Waals surface area contributed by atoms with Gasteiger partial charge in [-0.3, -0.25) is 0 Å². The number of hydrogen-bond acceptors (Lipinski definition) is 4. The smallest absolute Gasteiger partial charge is 0.148 e. The van der Waals surface area contributed by atoms with Crippen LogP contribution in [0, 0.1) is 17.7 Å². The molecule has 2 fully saturated rings. The zero-order valence-electron chi connectivity index (χ0n) is 13.0. The van der Waals surface area contributed by atoms with Crippen LogP contribution in [-0.2, 0) is 0 Å². The van der Waals surface area contributed by atoms with Crippen LogP contribution < -0.4 is 10.6 Å². The van der Waals surface area contributed by atoms with Gasteiger partial charge in [-0.1, -0.05) is 11.6 Å². The maximum absolute atomic E-state index is 13.4. The number of aromatic nitrogens is 2. The normalized spacial score (nSPS) is 25.2. The Kier molecular flexibility index (Phi) is 5.23. The summed E-state index contributed by atoms with van der Waals surface area (Å²) in [4.78, 5) is 0. The number of benzene rings is 1. The molecule has 2 unspecified atom stereocenters. The first kappa shape index (κ1) is 17.4. The summed E-state index contributed by atoms with van der Waals surface area (Å²) in [6.07, 6.45) is 2.35. The van der Waals surface area contributed by atoms with Gasteiger partial charge in [0.15, 0.2) is 0 Å². The van der Waals surface area contributed by atoms with Crippen molar-refractivity contribution in [1.82, 2.24) is 15.5 Å². The van der Waals surface area contributed by atoms with E-state index in [1.54, 1.807) is 0 Å². The average Bonchev–Trinajstić information content (AvgIpc) is 3.12. The Morgan fingerprint density at radius 1 is 1.08 bits per heavy atom. The van der Waals surface area contributed by atoms with E-state index < -0.39 is 0 Å². The first-order valence-electron chi connectivity index (χ1n) is 7.95. The minimum atomic E-state index is -0.334.